The molecule has 26 heavy (non-hydrogen) atoms. The third kappa shape index (κ3) is 3.28. The topological polar surface area (TPSA) is 51.7 Å². The Morgan fingerprint density at radius 1 is 1.19 bits per heavy atom. The molecule has 2 aliphatic rings. The second kappa shape index (κ2) is 7.23. The number of carbonyl (C=O) groups is 1. The highest BCUT2D eigenvalue weighted by molar-refractivity contribution is 5.84. The van der Waals surface area contributed by atoms with Crippen molar-refractivity contribution >= 4 is 16.7 Å². The maximum Gasteiger partial charge on any atom is 0.251 e. The van der Waals surface area contributed by atoms with Crippen LogP contribution in [0.15, 0.2) is 24.4 Å². The predicted molar refractivity (Wildman–Crippen MR) is 101 cm³/mol. The maximum atomic E-state index is 12.5. The molecule has 3 heterocycles. The van der Waals surface area contributed by atoms with Gasteiger partial charge in [0.1, 0.15) is 11.9 Å². The summed E-state index contributed by atoms with van der Waals surface area (Å²) in [5.41, 5.74) is 2.24. The molecule has 1 aromatic heterocycles. The molecule has 1 unspecified atom stereocenters. The van der Waals surface area contributed by atoms with Crippen LogP contribution in [0.2, 0.25) is 0 Å². The highest BCUT2D eigenvalue weighted by Gasteiger charge is 2.31. The summed E-state index contributed by atoms with van der Waals surface area (Å²) in [4.78, 5) is 19.2. The van der Waals surface area contributed by atoms with Crippen LogP contribution in [-0.4, -0.2) is 48.7 Å². The molecule has 0 saturated carbocycles. The molecule has 138 valence electrons. The van der Waals surface area contributed by atoms with Crippen LogP contribution in [0.1, 0.15) is 42.9 Å². The summed E-state index contributed by atoms with van der Waals surface area (Å²) >= 11 is 0. The van der Waals surface area contributed by atoms with Crippen LogP contribution < -0.4 is 4.74 Å². The third-order valence-corrected chi connectivity index (χ3v) is 5.69. The van der Waals surface area contributed by atoms with Crippen LogP contribution in [0, 0.1) is 6.92 Å². The smallest absolute Gasteiger partial charge is 0.251 e. The third-order valence-electron chi connectivity index (χ3n) is 5.69. The molecule has 5 heteroatoms. The number of aromatic nitrogens is 1. The number of nitrogens with zero attached hydrogens (tertiary/aromatic N) is 2. The number of hydrogen-bond donors (Lipinski definition) is 0. The molecule has 0 aliphatic carbocycles. The van der Waals surface area contributed by atoms with Crippen LogP contribution in [0.3, 0.4) is 0 Å². The molecular weight excluding hydrogens is 328 g/mol. The Kier molecular flexibility index (Phi) is 4.81. The second-order valence-electron chi connectivity index (χ2n) is 7.38. The van der Waals surface area contributed by atoms with Gasteiger partial charge in [0, 0.05) is 42.9 Å². The molecule has 1 amide bonds. The fourth-order valence-electron chi connectivity index (χ4n) is 4.12. The molecule has 0 N–H and O–H groups in total. The molecule has 1 aromatic carbocycles. The Balaban J connectivity index is 1.47. The quantitative estimate of drug-likeness (QED) is 0.847. The number of hydrogen-bond acceptors (Lipinski definition) is 4. The Bertz CT molecular complexity index is 806. The van der Waals surface area contributed by atoms with E-state index in [0.717, 1.165) is 73.2 Å². The van der Waals surface area contributed by atoms with Crippen molar-refractivity contribution in [3.05, 3.63) is 35.7 Å². The van der Waals surface area contributed by atoms with Crippen molar-refractivity contribution in [2.45, 2.75) is 44.6 Å². The normalized spacial score (nSPS) is 21.3. The van der Waals surface area contributed by atoms with Gasteiger partial charge in [-0.15, -0.1) is 0 Å². The van der Waals surface area contributed by atoms with E-state index in [9.17, 15) is 4.79 Å². The first-order chi connectivity index (χ1) is 12.7. The second-order valence-corrected chi connectivity index (χ2v) is 7.38. The van der Waals surface area contributed by atoms with Gasteiger partial charge >= 0.3 is 0 Å². The van der Waals surface area contributed by atoms with Crippen molar-refractivity contribution in [3.8, 4) is 5.75 Å². The average molecular weight is 354 g/mol. The lowest BCUT2D eigenvalue weighted by Crippen LogP contribution is -2.43. The highest BCUT2D eigenvalue weighted by Crippen LogP contribution is 2.31. The Hall–Kier alpha value is -2.14. The van der Waals surface area contributed by atoms with Crippen molar-refractivity contribution in [3.63, 3.8) is 0 Å². The SMILES string of the molecule is COc1cc2cc(C3CCN(C(=O)C4CCCO4)CC3)ncc2cc1C. The number of ether oxygens (including phenoxy) is 2. The van der Waals surface area contributed by atoms with Gasteiger partial charge in [-0.25, -0.2) is 0 Å². The molecule has 2 aliphatic heterocycles. The van der Waals surface area contributed by atoms with Gasteiger partial charge in [0.05, 0.1) is 7.11 Å². The van der Waals surface area contributed by atoms with Crippen LogP contribution in [-0.2, 0) is 9.53 Å². The number of carbonyl (C=O) groups excluding carboxylic acids is 1. The number of rotatable bonds is 3. The number of pyridine rings is 1. The lowest BCUT2D eigenvalue weighted by atomic mass is 9.91. The first-order valence-corrected chi connectivity index (χ1v) is 9.50. The monoisotopic (exact) mass is 354 g/mol. The summed E-state index contributed by atoms with van der Waals surface area (Å²) < 4.78 is 11.0. The van der Waals surface area contributed by atoms with E-state index in [-0.39, 0.29) is 12.0 Å². The molecule has 4 rings (SSSR count). The number of aryl methyl sites for hydroxylation is 1. The summed E-state index contributed by atoms with van der Waals surface area (Å²) in [7, 11) is 1.71. The molecule has 2 fully saturated rings. The minimum atomic E-state index is -0.207. The molecule has 0 radical (unpaired) electrons. The lowest BCUT2D eigenvalue weighted by molar-refractivity contribution is -0.142. The lowest BCUT2D eigenvalue weighted by Gasteiger charge is -2.33. The molecule has 1 atom stereocenters. The average Bonchev–Trinajstić information content (AvgIpc) is 3.21. The molecule has 0 spiro atoms. The highest BCUT2D eigenvalue weighted by atomic mass is 16.5. The standard InChI is InChI=1S/C21H26N2O3/c1-14-10-17-13-22-18(11-16(17)12-20(14)25-2)15-5-7-23(8-6-15)21(24)19-4-3-9-26-19/h10-13,15,19H,3-9H2,1-2H3. The number of likely N-dealkylation sites (tertiary alicyclic amines) is 1. The molecule has 5 nitrogen and oxygen atoms in total. The van der Waals surface area contributed by atoms with Crippen LogP contribution >= 0.6 is 0 Å². The zero-order valence-corrected chi connectivity index (χ0v) is 15.5. The van der Waals surface area contributed by atoms with E-state index in [4.69, 9.17) is 14.5 Å². The number of methoxy groups -OCH3 is 1. The van der Waals surface area contributed by atoms with Crippen molar-refractivity contribution in [2.75, 3.05) is 26.8 Å². The zero-order valence-electron chi connectivity index (χ0n) is 15.5. The fraction of sp³-hybridized carbons (Fsp3) is 0.524. The van der Waals surface area contributed by atoms with Crippen molar-refractivity contribution in [1.82, 2.24) is 9.88 Å². The van der Waals surface area contributed by atoms with Crippen LogP contribution in [0.25, 0.3) is 10.8 Å². The molecular formula is C21H26N2O3. The summed E-state index contributed by atoms with van der Waals surface area (Å²) in [6, 6.07) is 6.39. The fourth-order valence-corrected chi connectivity index (χ4v) is 4.12. The Morgan fingerprint density at radius 3 is 2.69 bits per heavy atom. The zero-order chi connectivity index (χ0) is 18.1. The van der Waals surface area contributed by atoms with Gasteiger partial charge in [-0.3, -0.25) is 9.78 Å². The number of fused-ring (bicyclic) bond motifs is 1. The van der Waals surface area contributed by atoms with Gasteiger partial charge in [-0.1, -0.05) is 0 Å². The number of piperidine rings is 1. The summed E-state index contributed by atoms with van der Waals surface area (Å²) in [5, 5.41) is 2.30. The van der Waals surface area contributed by atoms with E-state index >= 15 is 0 Å². The molecule has 0 bridgehead atoms. The first-order valence-electron chi connectivity index (χ1n) is 9.50. The van der Waals surface area contributed by atoms with Crippen LogP contribution in [0.4, 0.5) is 0 Å². The van der Waals surface area contributed by atoms with Crippen molar-refractivity contribution in [2.24, 2.45) is 0 Å². The van der Waals surface area contributed by atoms with Crippen LogP contribution in [0.5, 0.6) is 5.75 Å². The summed E-state index contributed by atoms with van der Waals surface area (Å²) in [5.74, 6) is 1.49. The van der Waals surface area contributed by atoms with E-state index in [2.05, 4.69) is 18.2 Å². The predicted octanol–water partition coefficient (Wildman–Crippen LogP) is 3.44. The van der Waals surface area contributed by atoms with Gasteiger partial charge in [-0.2, -0.15) is 0 Å². The van der Waals surface area contributed by atoms with E-state index in [0.29, 0.717) is 5.92 Å². The largest absolute Gasteiger partial charge is 0.496 e. The summed E-state index contributed by atoms with van der Waals surface area (Å²) in [6.45, 7) is 4.35. The van der Waals surface area contributed by atoms with E-state index in [1.807, 2.05) is 18.0 Å². The van der Waals surface area contributed by atoms with Gasteiger partial charge in [-0.05, 0) is 61.8 Å². The van der Waals surface area contributed by atoms with Gasteiger partial charge < -0.3 is 14.4 Å². The van der Waals surface area contributed by atoms with E-state index in [1.165, 1.54) is 0 Å². The summed E-state index contributed by atoms with van der Waals surface area (Å²) in [6.07, 6.45) is 5.53. The maximum absolute atomic E-state index is 12.5. The van der Waals surface area contributed by atoms with Gasteiger partial charge in [0.25, 0.3) is 5.91 Å². The Morgan fingerprint density at radius 2 is 2.00 bits per heavy atom. The first kappa shape index (κ1) is 17.3. The van der Waals surface area contributed by atoms with Crippen molar-refractivity contribution < 1.29 is 14.3 Å². The molecule has 2 aromatic rings. The van der Waals surface area contributed by atoms with Gasteiger partial charge in [0.2, 0.25) is 0 Å². The van der Waals surface area contributed by atoms with E-state index < -0.39 is 0 Å². The Labute approximate surface area is 154 Å². The van der Waals surface area contributed by atoms with E-state index in [1.54, 1.807) is 7.11 Å². The number of amides is 1. The van der Waals surface area contributed by atoms with Crippen molar-refractivity contribution in [1.29, 1.82) is 0 Å². The molecule has 2 saturated heterocycles. The van der Waals surface area contributed by atoms with Gasteiger partial charge in [0.15, 0.2) is 0 Å². The minimum Gasteiger partial charge on any atom is -0.496 e. The number of benzene rings is 1. The minimum absolute atomic E-state index is 0.174.